The number of piperazine rings is 1. The molecule has 1 aromatic rings. The van der Waals surface area contributed by atoms with E-state index in [1.54, 1.807) is 17.0 Å². The van der Waals surface area contributed by atoms with Gasteiger partial charge in [0.1, 0.15) is 0 Å². The van der Waals surface area contributed by atoms with Crippen LogP contribution < -0.4 is 10.5 Å². The van der Waals surface area contributed by atoms with E-state index < -0.39 is 10.0 Å². The van der Waals surface area contributed by atoms with Crippen molar-refractivity contribution in [1.82, 2.24) is 15.1 Å². The van der Waals surface area contributed by atoms with Crippen LogP contribution in [-0.4, -0.2) is 69.8 Å². The van der Waals surface area contributed by atoms with Crippen LogP contribution in [0.3, 0.4) is 0 Å². The van der Waals surface area contributed by atoms with Gasteiger partial charge in [-0.05, 0) is 24.1 Å². The Bertz CT molecular complexity index is 683. The first-order valence-electron chi connectivity index (χ1n) is 8.18. The van der Waals surface area contributed by atoms with E-state index >= 15 is 0 Å². The van der Waals surface area contributed by atoms with Crippen LogP contribution in [0.25, 0.3) is 0 Å². The van der Waals surface area contributed by atoms with E-state index in [0.717, 1.165) is 25.1 Å². The van der Waals surface area contributed by atoms with Crippen molar-refractivity contribution < 1.29 is 18.0 Å². The second-order valence-electron chi connectivity index (χ2n) is 6.02. The highest BCUT2D eigenvalue weighted by molar-refractivity contribution is 7.89. The minimum Gasteiger partial charge on any atom is -0.356 e. The van der Waals surface area contributed by atoms with Gasteiger partial charge in [-0.2, -0.15) is 0 Å². The molecule has 1 heterocycles. The molecule has 0 aliphatic carbocycles. The van der Waals surface area contributed by atoms with Crippen LogP contribution in [0.4, 0.5) is 0 Å². The third kappa shape index (κ3) is 6.45. The molecule has 0 bridgehead atoms. The van der Waals surface area contributed by atoms with Crippen LogP contribution in [0.5, 0.6) is 0 Å². The van der Waals surface area contributed by atoms with Gasteiger partial charge < -0.3 is 10.2 Å². The Morgan fingerprint density at radius 3 is 2.36 bits per heavy atom. The smallest absolute Gasteiger partial charge is 0.238 e. The van der Waals surface area contributed by atoms with Gasteiger partial charge in [0.15, 0.2) is 0 Å². The molecule has 0 atom stereocenters. The topological polar surface area (TPSA) is 113 Å². The highest BCUT2D eigenvalue weighted by atomic mass is 32.2. The summed E-state index contributed by atoms with van der Waals surface area (Å²) in [5.41, 5.74) is 0.928. The number of nitrogens with one attached hydrogen (secondary N) is 1. The number of primary sulfonamides is 1. The van der Waals surface area contributed by atoms with Gasteiger partial charge in [0.2, 0.25) is 22.3 Å². The predicted molar refractivity (Wildman–Crippen MR) is 93.2 cm³/mol. The van der Waals surface area contributed by atoms with Gasteiger partial charge in [0.05, 0.1) is 4.90 Å². The molecule has 1 aliphatic rings. The monoisotopic (exact) mass is 368 g/mol. The van der Waals surface area contributed by atoms with Crippen LogP contribution in [0.15, 0.2) is 29.2 Å². The number of amides is 2. The Morgan fingerprint density at radius 1 is 1.16 bits per heavy atom. The van der Waals surface area contributed by atoms with E-state index in [1.807, 2.05) is 0 Å². The Hall–Kier alpha value is -1.97. The van der Waals surface area contributed by atoms with Gasteiger partial charge in [-0.3, -0.25) is 14.5 Å². The lowest BCUT2D eigenvalue weighted by Gasteiger charge is -2.32. The average Bonchev–Trinajstić information content (AvgIpc) is 2.60. The molecule has 25 heavy (non-hydrogen) atoms. The predicted octanol–water partition coefficient (Wildman–Crippen LogP) is -0.843. The van der Waals surface area contributed by atoms with Gasteiger partial charge >= 0.3 is 0 Å². The zero-order valence-corrected chi connectivity index (χ0v) is 14.9. The molecule has 138 valence electrons. The van der Waals surface area contributed by atoms with Crippen molar-refractivity contribution >= 4 is 22.3 Å². The summed E-state index contributed by atoms with van der Waals surface area (Å²) >= 11 is 0. The minimum atomic E-state index is -3.67. The Morgan fingerprint density at radius 2 is 1.80 bits per heavy atom. The second kappa shape index (κ2) is 8.93. The molecule has 1 fully saturated rings. The molecule has 0 unspecified atom stereocenters. The van der Waals surface area contributed by atoms with Gasteiger partial charge in [-0.15, -0.1) is 0 Å². The molecular weight excluding hydrogens is 344 g/mol. The molecule has 8 nitrogen and oxygen atoms in total. The van der Waals surface area contributed by atoms with E-state index in [2.05, 4.69) is 10.2 Å². The van der Waals surface area contributed by atoms with Gasteiger partial charge in [-0.25, -0.2) is 13.6 Å². The molecule has 0 aromatic heterocycles. The Balaban J connectivity index is 1.64. The number of hydrogen-bond donors (Lipinski definition) is 2. The summed E-state index contributed by atoms with van der Waals surface area (Å²) in [5, 5.41) is 7.91. The molecule has 2 amide bonds. The number of benzene rings is 1. The summed E-state index contributed by atoms with van der Waals surface area (Å²) in [6.45, 7) is 4.18. The number of nitrogens with zero attached hydrogens (tertiary/aromatic N) is 2. The molecule has 0 spiro atoms. The second-order valence-corrected chi connectivity index (χ2v) is 7.58. The van der Waals surface area contributed by atoms with Gasteiger partial charge in [0, 0.05) is 45.7 Å². The lowest BCUT2D eigenvalue weighted by atomic mass is 10.1. The standard InChI is InChI=1S/C16H24N4O4S/c17-25(23,24)15-3-1-14(2-4-15)5-7-18-16(22)6-8-19-9-11-20(13-21)12-10-19/h1-4,13H,5-12H2,(H,18,22)(H2,17,23,24). The molecule has 1 aliphatic heterocycles. The van der Waals surface area contributed by atoms with Crippen LogP contribution in [0, 0.1) is 0 Å². The van der Waals surface area contributed by atoms with E-state index in [0.29, 0.717) is 39.0 Å². The maximum atomic E-state index is 11.9. The lowest BCUT2D eigenvalue weighted by molar-refractivity contribution is -0.122. The van der Waals surface area contributed by atoms with Crippen LogP contribution in [0.2, 0.25) is 0 Å². The summed E-state index contributed by atoms with van der Waals surface area (Å²) in [5.74, 6) is -0.0148. The van der Waals surface area contributed by atoms with Crippen molar-refractivity contribution in [1.29, 1.82) is 0 Å². The fourth-order valence-electron chi connectivity index (χ4n) is 2.63. The summed E-state index contributed by atoms with van der Waals surface area (Å²) in [4.78, 5) is 26.5. The zero-order chi connectivity index (χ0) is 18.3. The Kier molecular flexibility index (Phi) is 6.91. The van der Waals surface area contributed by atoms with E-state index in [9.17, 15) is 18.0 Å². The van der Waals surface area contributed by atoms with Crippen LogP contribution >= 0.6 is 0 Å². The number of carbonyl (C=O) groups is 2. The number of sulfonamides is 1. The molecule has 9 heteroatoms. The molecule has 0 radical (unpaired) electrons. The molecule has 3 N–H and O–H groups in total. The number of rotatable bonds is 8. The van der Waals surface area contributed by atoms with Crippen molar-refractivity contribution in [2.24, 2.45) is 5.14 Å². The SMILES string of the molecule is NS(=O)(=O)c1ccc(CCNC(=O)CCN2CCN(C=O)CC2)cc1. The fourth-order valence-corrected chi connectivity index (χ4v) is 3.15. The fraction of sp³-hybridized carbons (Fsp3) is 0.500. The van der Waals surface area contributed by atoms with Crippen molar-refractivity contribution in [3.05, 3.63) is 29.8 Å². The van der Waals surface area contributed by atoms with E-state index in [1.165, 1.54) is 12.1 Å². The number of hydrogen-bond acceptors (Lipinski definition) is 5. The van der Waals surface area contributed by atoms with Crippen molar-refractivity contribution in [2.45, 2.75) is 17.7 Å². The van der Waals surface area contributed by atoms with Crippen molar-refractivity contribution in [3.8, 4) is 0 Å². The summed E-state index contributed by atoms with van der Waals surface area (Å²) in [6, 6.07) is 6.31. The summed E-state index contributed by atoms with van der Waals surface area (Å²) in [6.07, 6.45) is 1.90. The normalized spacial score (nSPS) is 15.8. The van der Waals surface area contributed by atoms with Gasteiger partial charge in [-0.1, -0.05) is 12.1 Å². The number of nitrogens with two attached hydrogens (primary N) is 1. The molecule has 1 aromatic carbocycles. The largest absolute Gasteiger partial charge is 0.356 e. The first-order valence-corrected chi connectivity index (χ1v) is 9.73. The maximum Gasteiger partial charge on any atom is 0.238 e. The van der Waals surface area contributed by atoms with Crippen molar-refractivity contribution in [3.63, 3.8) is 0 Å². The third-order valence-corrected chi connectivity index (χ3v) is 5.13. The maximum absolute atomic E-state index is 11.9. The summed E-state index contributed by atoms with van der Waals surface area (Å²) < 4.78 is 22.4. The number of carbonyl (C=O) groups excluding carboxylic acids is 2. The average molecular weight is 368 g/mol. The molecule has 2 rings (SSSR count). The highest BCUT2D eigenvalue weighted by Crippen LogP contribution is 2.09. The van der Waals surface area contributed by atoms with E-state index in [4.69, 9.17) is 5.14 Å². The van der Waals surface area contributed by atoms with Crippen LogP contribution in [-0.2, 0) is 26.0 Å². The van der Waals surface area contributed by atoms with Crippen LogP contribution in [0.1, 0.15) is 12.0 Å². The van der Waals surface area contributed by atoms with Gasteiger partial charge in [0.25, 0.3) is 0 Å². The molecule has 1 saturated heterocycles. The molecular formula is C16H24N4O4S. The highest BCUT2D eigenvalue weighted by Gasteiger charge is 2.15. The first kappa shape index (κ1) is 19.4. The summed E-state index contributed by atoms with van der Waals surface area (Å²) in [7, 11) is -3.67. The lowest BCUT2D eigenvalue weighted by Crippen LogP contribution is -2.46. The zero-order valence-electron chi connectivity index (χ0n) is 14.1. The first-order chi connectivity index (χ1) is 11.9. The van der Waals surface area contributed by atoms with Crippen molar-refractivity contribution in [2.75, 3.05) is 39.3 Å². The van der Waals surface area contributed by atoms with E-state index in [-0.39, 0.29) is 10.8 Å². The Labute approximate surface area is 148 Å². The third-order valence-electron chi connectivity index (χ3n) is 4.20. The quantitative estimate of drug-likeness (QED) is 0.581. The molecule has 0 saturated carbocycles. The minimum absolute atomic E-state index is 0.0148.